The SMILES string of the molecule is C[Si](C)(C)O[Si](C)(C)O[Si](C)(CCCOCC1CCCO1)O[Si](C)(C)C. The third-order valence-corrected chi connectivity index (χ3v) is 17.3. The van der Waals surface area contributed by atoms with Crippen molar-refractivity contribution in [2.24, 2.45) is 0 Å². The van der Waals surface area contributed by atoms with Crippen LogP contribution >= 0.6 is 0 Å². The first-order chi connectivity index (χ1) is 11.7. The van der Waals surface area contributed by atoms with Crippen LogP contribution in [-0.2, 0) is 21.8 Å². The quantitative estimate of drug-likeness (QED) is 0.314. The lowest BCUT2D eigenvalue weighted by Gasteiger charge is -2.41. The topological polar surface area (TPSA) is 46.2 Å². The molecular weight excluding hydrogens is 397 g/mol. The van der Waals surface area contributed by atoms with Crippen LogP contribution in [-0.4, -0.2) is 59.7 Å². The van der Waals surface area contributed by atoms with E-state index in [4.69, 9.17) is 21.8 Å². The molecule has 0 aromatic heterocycles. The van der Waals surface area contributed by atoms with Gasteiger partial charge in [0.1, 0.15) is 0 Å². The van der Waals surface area contributed by atoms with E-state index in [1.165, 1.54) is 0 Å². The van der Waals surface area contributed by atoms with E-state index in [1.807, 2.05) is 0 Å². The first-order valence-electron chi connectivity index (χ1n) is 10.00. The van der Waals surface area contributed by atoms with Crippen LogP contribution in [0, 0.1) is 0 Å². The van der Waals surface area contributed by atoms with Crippen LogP contribution in [0.4, 0.5) is 0 Å². The van der Waals surface area contributed by atoms with Gasteiger partial charge in [0.15, 0.2) is 16.6 Å². The lowest BCUT2D eigenvalue weighted by Crippen LogP contribution is -2.56. The molecule has 0 saturated carbocycles. The second-order valence-corrected chi connectivity index (χ2v) is 26.3. The molecule has 0 aromatic carbocycles. The first-order valence-corrected chi connectivity index (χ1v) is 22.2. The van der Waals surface area contributed by atoms with Crippen LogP contribution in [0.5, 0.6) is 0 Å². The molecule has 0 amide bonds. The summed E-state index contributed by atoms with van der Waals surface area (Å²) in [5.74, 6) is 0. The average molecular weight is 439 g/mol. The maximum absolute atomic E-state index is 6.68. The fourth-order valence-electron chi connectivity index (χ4n) is 3.53. The highest BCUT2D eigenvalue weighted by atomic mass is 28.5. The fraction of sp³-hybridized carbons (Fsp3) is 1.00. The minimum atomic E-state index is -2.29. The van der Waals surface area contributed by atoms with Gasteiger partial charge in [-0.2, -0.15) is 0 Å². The van der Waals surface area contributed by atoms with Gasteiger partial charge in [0, 0.05) is 13.2 Å². The molecule has 2 unspecified atom stereocenters. The van der Waals surface area contributed by atoms with Gasteiger partial charge in [-0.05, 0) is 84.2 Å². The van der Waals surface area contributed by atoms with Gasteiger partial charge < -0.3 is 21.8 Å². The van der Waals surface area contributed by atoms with Gasteiger partial charge in [-0.25, -0.2) is 0 Å². The van der Waals surface area contributed by atoms with Gasteiger partial charge in [-0.15, -0.1) is 0 Å². The van der Waals surface area contributed by atoms with Crippen molar-refractivity contribution in [3.8, 4) is 0 Å². The van der Waals surface area contributed by atoms with Crippen molar-refractivity contribution in [1.29, 1.82) is 0 Å². The Morgan fingerprint density at radius 2 is 1.46 bits per heavy atom. The second-order valence-electron chi connectivity index (χ2n) is 9.88. The van der Waals surface area contributed by atoms with Crippen LogP contribution in [0.2, 0.25) is 65.0 Å². The highest BCUT2D eigenvalue weighted by molar-refractivity contribution is 6.89. The molecule has 1 aliphatic heterocycles. The molecule has 5 nitrogen and oxygen atoms in total. The largest absolute Gasteiger partial charge is 0.437 e. The van der Waals surface area contributed by atoms with E-state index in [-0.39, 0.29) is 0 Å². The summed E-state index contributed by atoms with van der Waals surface area (Å²) in [6.07, 6.45) is 3.55. The Labute approximate surface area is 165 Å². The Balaban J connectivity index is 2.55. The van der Waals surface area contributed by atoms with Crippen molar-refractivity contribution in [1.82, 2.24) is 0 Å². The maximum atomic E-state index is 6.68. The number of rotatable bonds is 12. The minimum absolute atomic E-state index is 0.296. The summed E-state index contributed by atoms with van der Waals surface area (Å²) < 4.78 is 31.1. The number of ether oxygens (including phenoxy) is 2. The summed E-state index contributed by atoms with van der Waals surface area (Å²) in [5.41, 5.74) is 0. The maximum Gasteiger partial charge on any atom is 0.315 e. The Morgan fingerprint density at radius 1 is 0.846 bits per heavy atom. The van der Waals surface area contributed by atoms with Crippen LogP contribution in [0.25, 0.3) is 0 Å². The summed E-state index contributed by atoms with van der Waals surface area (Å²) in [6.45, 7) is 22.3. The van der Waals surface area contributed by atoms with E-state index in [1.54, 1.807) is 0 Å². The lowest BCUT2D eigenvalue weighted by atomic mass is 10.2. The van der Waals surface area contributed by atoms with Crippen molar-refractivity contribution in [2.75, 3.05) is 19.8 Å². The van der Waals surface area contributed by atoms with E-state index in [9.17, 15) is 0 Å². The zero-order valence-corrected chi connectivity index (χ0v) is 22.6. The summed E-state index contributed by atoms with van der Waals surface area (Å²) in [7, 11) is -7.82. The van der Waals surface area contributed by atoms with E-state index in [0.717, 1.165) is 38.5 Å². The van der Waals surface area contributed by atoms with E-state index in [2.05, 4.69) is 58.9 Å². The molecule has 1 fully saturated rings. The normalized spacial score (nSPS) is 21.8. The molecule has 0 bridgehead atoms. The summed E-state index contributed by atoms with van der Waals surface area (Å²) in [6, 6.07) is 0.953. The van der Waals surface area contributed by atoms with Crippen molar-refractivity contribution < 1.29 is 21.8 Å². The molecule has 0 radical (unpaired) electrons. The molecule has 0 aromatic rings. The third kappa shape index (κ3) is 11.5. The smallest absolute Gasteiger partial charge is 0.315 e. The van der Waals surface area contributed by atoms with Crippen molar-refractivity contribution in [3.63, 3.8) is 0 Å². The Morgan fingerprint density at radius 3 is 1.96 bits per heavy atom. The predicted molar refractivity (Wildman–Crippen MR) is 118 cm³/mol. The van der Waals surface area contributed by atoms with Gasteiger partial charge in [0.05, 0.1) is 12.7 Å². The van der Waals surface area contributed by atoms with E-state index in [0.29, 0.717) is 12.7 Å². The van der Waals surface area contributed by atoms with Crippen LogP contribution in [0.3, 0.4) is 0 Å². The average Bonchev–Trinajstić information content (AvgIpc) is 2.84. The highest BCUT2D eigenvalue weighted by Gasteiger charge is 2.44. The molecule has 1 saturated heterocycles. The van der Waals surface area contributed by atoms with Gasteiger partial charge >= 0.3 is 17.1 Å². The van der Waals surface area contributed by atoms with Gasteiger partial charge in [-0.1, -0.05) is 0 Å². The van der Waals surface area contributed by atoms with Crippen molar-refractivity contribution in [3.05, 3.63) is 0 Å². The third-order valence-electron chi connectivity index (χ3n) is 3.78. The number of hydrogen-bond acceptors (Lipinski definition) is 5. The fourth-order valence-corrected chi connectivity index (χ4v) is 21.5. The standard InChI is InChI=1S/C17H42O5Si4/c1-23(2,3)20-25(7,8)22-26(9,21-24(4,5)6)15-11-13-18-16-17-12-10-14-19-17/h17H,10-16H2,1-9H3. The predicted octanol–water partition coefficient (Wildman–Crippen LogP) is 5.07. The molecular formula is C17H42O5Si4. The van der Waals surface area contributed by atoms with Crippen LogP contribution < -0.4 is 0 Å². The van der Waals surface area contributed by atoms with Crippen LogP contribution in [0.15, 0.2) is 0 Å². The monoisotopic (exact) mass is 438 g/mol. The van der Waals surface area contributed by atoms with Crippen molar-refractivity contribution in [2.45, 2.75) is 90.3 Å². The van der Waals surface area contributed by atoms with E-state index >= 15 is 0 Å². The molecule has 2 atom stereocenters. The zero-order chi connectivity index (χ0) is 20.1. The van der Waals surface area contributed by atoms with Crippen molar-refractivity contribution >= 4 is 33.8 Å². The Bertz CT molecular complexity index is 416. The molecule has 0 spiro atoms. The molecule has 156 valence electrons. The molecule has 0 aliphatic carbocycles. The Hall–Kier alpha value is 0.668. The molecule has 26 heavy (non-hydrogen) atoms. The van der Waals surface area contributed by atoms with Crippen LogP contribution in [0.1, 0.15) is 19.3 Å². The number of hydrogen-bond donors (Lipinski definition) is 0. The van der Waals surface area contributed by atoms with Gasteiger partial charge in [-0.3, -0.25) is 0 Å². The highest BCUT2D eigenvalue weighted by Crippen LogP contribution is 2.27. The van der Waals surface area contributed by atoms with Gasteiger partial charge in [0.25, 0.3) is 0 Å². The summed E-state index contributed by atoms with van der Waals surface area (Å²) in [4.78, 5) is 0. The second kappa shape index (κ2) is 9.93. The molecule has 1 heterocycles. The zero-order valence-electron chi connectivity index (χ0n) is 18.6. The molecule has 1 aliphatic rings. The Kier molecular flexibility index (Phi) is 9.43. The summed E-state index contributed by atoms with van der Waals surface area (Å²) in [5, 5.41) is 0. The molecule has 9 heteroatoms. The first kappa shape index (κ1) is 24.7. The lowest BCUT2D eigenvalue weighted by molar-refractivity contribution is 0.0172. The van der Waals surface area contributed by atoms with Gasteiger partial charge in [0.2, 0.25) is 0 Å². The molecule has 1 rings (SSSR count). The molecule has 0 N–H and O–H groups in total. The summed E-state index contributed by atoms with van der Waals surface area (Å²) >= 11 is 0. The minimum Gasteiger partial charge on any atom is -0.437 e. The van der Waals surface area contributed by atoms with E-state index < -0.39 is 33.8 Å².